The molecular formula is C50H30N4O. The molecule has 0 spiro atoms. The Morgan fingerprint density at radius 1 is 0.382 bits per heavy atom. The number of fused-ring (bicyclic) bond motifs is 4. The fraction of sp³-hybridized carbons (Fsp3) is 0. The second-order valence-corrected chi connectivity index (χ2v) is 13.5. The zero-order valence-corrected chi connectivity index (χ0v) is 29.5. The molecule has 5 heteroatoms. The van der Waals surface area contributed by atoms with Gasteiger partial charge in [0, 0.05) is 33.0 Å². The van der Waals surface area contributed by atoms with Gasteiger partial charge in [-0.3, -0.25) is 0 Å². The third-order valence-corrected chi connectivity index (χ3v) is 10.2. The van der Waals surface area contributed by atoms with Crippen LogP contribution in [-0.2, 0) is 0 Å². The minimum atomic E-state index is 0.545. The van der Waals surface area contributed by atoms with Crippen LogP contribution >= 0.6 is 0 Å². The highest BCUT2D eigenvalue weighted by Crippen LogP contribution is 2.38. The number of hydrogen-bond acceptors (Lipinski definition) is 5. The van der Waals surface area contributed by atoms with Crippen LogP contribution in [0.1, 0.15) is 5.56 Å². The molecular weight excluding hydrogens is 673 g/mol. The largest absolute Gasteiger partial charge is 0.456 e. The van der Waals surface area contributed by atoms with Gasteiger partial charge < -0.3 is 4.42 Å². The molecule has 0 saturated heterocycles. The lowest BCUT2D eigenvalue weighted by Crippen LogP contribution is -2.00. The van der Waals surface area contributed by atoms with E-state index in [2.05, 4.69) is 97.1 Å². The summed E-state index contributed by atoms with van der Waals surface area (Å²) in [6, 6.07) is 64.0. The molecule has 55 heavy (non-hydrogen) atoms. The summed E-state index contributed by atoms with van der Waals surface area (Å²) in [4.78, 5) is 15.1. The highest BCUT2D eigenvalue weighted by atomic mass is 16.3. The van der Waals surface area contributed by atoms with Crippen LogP contribution in [0.2, 0.25) is 0 Å². The van der Waals surface area contributed by atoms with Gasteiger partial charge in [0.15, 0.2) is 17.5 Å². The number of rotatable bonds is 6. The molecule has 0 radical (unpaired) electrons. The molecule has 10 aromatic rings. The van der Waals surface area contributed by atoms with Crippen molar-refractivity contribution in [1.82, 2.24) is 15.0 Å². The number of aromatic nitrogens is 3. The average molecular weight is 703 g/mol. The van der Waals surface area contributed by atoms with Gasteiger partial charge in [0.05, 0.1) is 11.6 Å². The Morgan fingerprint density at radius 3 is 1.55 bits per heavy atom. The molecule has 10 rings (SSSR count). The molecule has 0 N–H and O–H groups in total. The first-order valence-corrected chi connectivity index (χ1v) is 18.2. The van der Waals surface area contributed by atoms with Crippen molar-refractivity contribution in [3.8, 4) is 73.6 Å². The van der Waals surface area contributed by atoms with E-state index in [1.807, 2.05) is 91.0 Å². The van der Waals surface area contributed by atoms with E-state index < -0.39 is 0 Å². The Hall–Kier alpha value is -7.68. The third-order valence-electron chi connectivity index (χ3n) is 10.2. The fourth-order valence-electron chi connectivity index (χ4n) is 7.40. The lowest BCUT2D eigenvalue weighted by molar-refractivity contribution is 0.669. The second-order valence-electron chi connectivity index (χ2n) is 13.5. The van der Waals surface area contributed by atoms with Crippen molar-refractivity contribution in [2.75, 3.05) is 0 Å². The number of nitriles is 1. The zero-order chi connectivity index (χ0) is 36.7. The number of hydrogen-bond donors (Lipinski definition) is 0. The molecule has 2 aromatic heterocycles. The van der Waals surface area contributed by atoms with Gasteiger partial charge in [-0.05, 0) is 68.9 Å². The van der Waals surface area contributed by atoms with Crippen LogP contribution in [0.5, 0.6) is 0 Å². The number of furan rings is 1. The molecule has 0 bridgehead atoms. The molecule has 0 aliphatic heterocycles. The maximum Gasteiger partial charge on any atom is 0.164 e. The quantitative estimate of drug-likeness (QED) is 0.172. The molecule has 8 aromatic carbocycles. The van der Waals surface area contributed by atoms with Crippen molar-refractivity contribution in [1.29, 1.82) is 5.26 Å². The Balaban J connectivity index is 1.09. The molecule has 5 nitrogen and oxygen atoms in total. The minimum absolute atomic E-state index is 0.545. The first kappa shape index (κ1) is 32.0. The number of nitrogens with zero attached hydrogens (tertiary/aromatic N) is 4. The molecule has 0 fully saturated rings. The molecule has 0 amide bonds. The van der Waals surface area contributed by atoms with E-state index in [4.69, 9.17) is 19.4 Å². The van der Waals surface area contributed by atoms with Gasteiger partial charge in [-0.25, -0.2) is 15.0 Å². The summed E-state index contributed by atoms with van der Waals surface area (Å²) < 4.78 is 6.47. The molecule has 0 unspecified atom stereocenters. The molecule has 0 saturated carbocycles. The van der Waals surface area contributed by atoms with Crippen molar-refractivity contribution in [2.45, 2.75) is 0 Å². The monoisotopic (exact) mass is 702 g/mol. The highest BCUT2D eigenvalue weighted by Gasteiger charge is 2.17. The number of benzene rings is 8. The van der Waals surface area contributed by atoms with E-state index in [0.29, 0.717) is 23.0 Å². The van der Waals surface area contributed by atoms with E-state index in [-0.39, 0.29) is 0 Å². The van der Waals surface area contributed by atoms with Crippen molar-refractivity contribution in [3.05, 3.63) is 188 Å². The summed E-state index contributed by atoms with van der Waals surface area (Å²) in [5, 5.41) is 14.3. The molecule has 2 heterocycles. The minimum Gasteiger partial charge on any atom is -0.456 e. The summed E-state index contributed by atoms with van der Waals surface area (Å²) in [5.74, 6) is 1.66. The predicted octanol–water partition coefficient (Wildman–Crippen LogP) is 12.8. The first-order chi connectivity index (χ1) is 27.2. The van der Waals surface area contributed by atoms with Crippen LogP contribution in [-0.4, -0.2) is 15.0 Å². The van der Waals surface area contributed by atoms with E-state index in [1.165, 1.54) is 0 Å². The van der Waals surface area contributed by atoms with E-state index >= 15 is 0 Å². The van der Waals surface area contributed by atoms with Crippen molar-refractivity contribution in [3.63, 3.8) is 0 Å². The van der Waals surface area contributed by atoms with Crippen LogP contribution in [0, 0.1) is 11.3 Å². The summed E-state index contributed by atoms with van der Waals surface area (Å²) >= 11 is 0. The van der Waals surface area contributed by atoms with Gasteiger partial charge in [-0.2, -0.15) is 5.26 Å². The summed E-state index contributed by atoms with van der Waals surface area (Å²) in [6.45, 7) is 0. The average Bonchev–Trinajstić information content (AvgIpc) is 3.65. The van der Waals surface area contributed by atoms with E-state index in [0.717, 1.165) is 82.8 Å². The molecule has 0 aliphatic rings. The molecule has 256 valence electrons. The predicted molar refractivity (Wildman–Crippen MR) is 222 cm³/mol. The standard InChI is InChI=1S/C50H30N4O/c51-31-41-28-38-14-7-8-15-39(38)29-44(41)35-20-24-37(25-21-35)49-52-48(36-22-18-33(19-23-36)32-10-3-1-4-11-32)53-50(54-49)40-26-27-43-46(30-40)55-45-17-9-16-42(47(43)45)34-12-5-2-6-13-34/h1-30H. The Labute approximate surface area is 317 Å². The lowest BCUT2D eigenvalue weighted by Gasteiger charge is -2.11. The normalized spacial score (nSPS) is 11.3. The van der Waals surface area contributed by atoms with Crippen LogP contribution in [0.3, 0.4) is 0 Å². The van der Waals surface area contributed by atoms with Crippen LogP contribution in [0.25, 0.3) is 100 Å². The van der Waals surface area contributed by atoms with Crippen molar-refractivity contribution < 1.29 is 4.42 Å². The maximum atomic E-state index is 10.0. The topological polar surface area (TPSA) is 75.6 Å². The van der Waals surface area contributed by atoms with Crippen molar-refractivity contribution in [2.24, 2.45) is 0 Å². The second kappa shape index (κ2) is 13.4. The molecule has 0 aliphatic carbocycles. The fourth-order valence-corrected chi connectivity index (χ4v) is 7.40. The van der Waals surface area contributed by atoms with Gasteiger partial charge in [0.2, 0.25) is 0 Å². The van der Waals surface area contributed by atoms with Crippen LogP contribution in [0.15, 0.2) is 186 Å². The van der Waals surface area contributed by atoms with Crippen LogP contribution < -0.4 is 0 Å². The van der Waals surface area contributed by atoms with Gasteiger partial charge in [0.25, 0.3) is 0 Å². The van der Waals surface area contributed by atoms with Crippen LogP contribution in [0.4, 0.5) is 0 Å². The maximum absolute atomic E-state index is 10.0. The van der Waals surface area contributed by atoms with Gasteiger partial charge in [-0.1, -0.05) is 152 Å². The van der Waals surface area contributed by atoms with Gasteiger partial charge >= 0.3 is 0 Å². The van der Waals surface area contributed by atoms with Crippen molar-refractivity contribution >= 4 is 32.7 Å². The summed E-state index contributed by atoms with van der Waals surface area (Å²) in [6.07, 6.45) is 0. The Bertz CT molecular complexity index is 3070. The van der Waals surface area contributed by atoms with E-state index in [1.54, 1.807) is 0 Å². The first-order valence-electron chi connectivity index (χ1n) is 18.2. The van der Waals surface area contributed by atoms with Gasteiger partial charge in [0.1, 0.15) is 11.2 Å². The summed E-state index contributed by atoms with van der Waals surface area (Å²) in [5.41, 5.74) is 11.1. The molecule has 0 atom stereocenters. The smallest absolute Gasteiger partial charge is 0.164 e. The Morgan fingerprint density at radius 2 is 0.891 bits per heavy atom. The summed E-state index contributed by atoms with van der Waals surface area (Å²) in [7, 11) is 0. The third kappa shape index (κ3) is 5.89. The zero-order valence-electron chi connectivity index (χ0n) is 29.5. The Kier molecular flexibility index (Phi) is 7.79. The van der Waals surface area contributed by atoms with E-state index in [9.17, 15) is 5.26 Å². The highest BCUT2D eigenvalue weighted by molar-refractivity contribution is 6.13. The van der Waals surface area contributed by atoms with Gasteiger partial charge in [-0.15, -0.1) is 0 Å². The lowest BCUT2D eigenvalue weighted by atomic mass is 9.95. The SMILES string of the molecule is N#Cc1cc2ccccc2cc1-c1ccc(-c2nc(-c3ccc(-c4ccccc4)cc3)nc(-c3ccc4c(c3)oc3cccc(-c5ccccc5)c34)n2)cc1.